The zero-order valence-electron chi connectivity index (χ0n) is 11.8. The van der Waals surface area contributed by atoms with E-state index in [1.807, 2.05) is 48.5 Å². The number of aromatic nitrogens is 2. The van der Waals surface area contributed by atoms with Crippen LogP contribution in [0.2, 0.25) is 0 Å². The summed E-state index contributed by atoms with van der Waals surface area (Å²) >= 11 is 3.46. The van der Waals surface area contributed by atoms with E-state index in [0.717, 1.165) is 32.6 Å². The molecule has 0 bridgehead atoms. The van der Waals surface area contributed by atoms with Crippen LogP contribution in [0.25, 0.3) is 22.5 Å². The zero-order valence-corrected chi connectivity index (χ0v) is 13.3. The van der Waals surface area contributed by atoms with E-state index in [2.05, 4.69) is 26.1 Å². The van der Waals surface area contributed by atoms with Gasteiger partial charge in [0.1, 0.15) is 0 Å². The number of nitrogens with one attached hydrogen (secondary N) is 1. The first kappa shape index (κ1) is 15.0. The lowest BCUT2D eigenvalue weighted by Gasteiger charge is -2.06. The van der Waals surface area contributed by atoms with Gasteiger partial charge in [0.05, 0.1) is 24.6 Å². The molecule has 1 heterocycles. The predicted octanol–water partition coefficient (Wildman–Crippen LogP) is 3.49. The van der Waals surface area contributed by atoms with Crippen molar-refractivity contribution < 1.29 is 10.2 Å². The highest BCUT2D eigenvalue weighted by Gasteiger charge is 2.09. The van der Waals surface area contributed by atoms with Gasteiger partial charge >= 0.3 is 0 Å². The van der Waals surface area contributed by atoms with E-state index in [0.29, 0.717) is 5.56 Å². The van der Waals surface area contributed by atoms with Crippen LogP contribution in [0.1, 0.15) is 11.1 Å². The van der Waals surface area contributed by atoms with Crippen molar-refractivity contribution in [3.05, 3.63) is 64.1 Å². The molecule has 5 heteroatoms. The fraction of sp³-hybridized carbons (Fsp3) is 0.118. The molecule has 3 N–H and O–H groups in total. The van der Waals surface area contributed by atoms with E-state index in [1.165, 1.54) is 0 Å². The van der Waals surface area contributed by atoms with Crippen molar-refractivity contribution in [3.63, 3.8) is 0 Å². The molecule has 4 nitrogen and oxygen atoms in total. The van der Waals surface area contributed by atoms with Gasteiger partial charge < -0.3 is 10.2 Å². The number of aromatic amines is 1. The first-order valence-electron chi connectivity index (χ1n) is 6.86. The summed E-state index contributed by atoms with van der Waals surface area (Å²) in [6.07, 6.45) is 0. The molecule has 0 saturated heterocycles. The van der Waals surface area contributed by atoms with E-state index in [1.54, 1.807) is 0 Å². The number of hydrogen-bond donors (Lipinski definition) is 3. The third-order valence-electron chi connectivity index (χ3n) is 3.56. The number of aliphatic hydroxyl groups excluding tert-OH is 2. The maximum absolute atomic E-state index is 9.39. The summed E-state index contributed by atoms with van der Waals surface area (Å²) in [5.41, 5.74) is 5.12. The Morgan fingerprint density at radius 1 is 0.909 bits per heavy atom. The van der Waals surface area contributed by atoms with Crippen LogP contribution in [0.15, 0.2) is 53.0 Å². The Labute approximate surface area is 136 Å². The van der Waals surface area contributed by atoms with Crippen molar-refractivity contribution in [2.24, 2.45) is 0 Å². The zero-order chi connectivity index (χ0) is 15.5. The summed E-state index contributed by atoms with van der Waals surface area (Å²) in [4.78, 5) is 0. The molecule has 22 heavy (non-hydrogen) atoms. The number of nitrogens with zero attached hydrogens (tertiary/aromatic N) is 1. The van der Waals surface area contributed by atoms with E-state index in [-0.39, 0.29) is 13.2 Å². The van der Waals surface area contributed by atoms with Crippen molar-refractivity contribution in [1.82, 2.24) is 10.2 Å². The number of rotatable bonds is 4. The van der Waals surface area contributed by atoms with Gasteiger partial charge in [-0.25, -0.2) is 0 Å². The van der Waals surface area contributed by atoms with Gasteiger partial charge in [0.15, 0.2) is 0 Å². The summed E-state index contributed by atoms with van der Waals surface area (Å²) < 4.78 is 1.01. The van der Waals surface area contributed by atoms with Gasteiger partial charge in [0.2, 0.25) is 0 Å². The molecular weight excluding hydrogens is 344 g/mol. The van der Waals surface area contributed by atoms with Crippen LogP contribution in [0.4, 0.5) is 0 Å². The molecule has 0 unspecified atom stereocenters. The SMILES string of the molecule is OCc1ccc(-c2cc(-c3cccc(Br)c3)[nH]n2)cc1CO. The molecule has 112 valence electrons. The van der Waals surface area contributed by atoms with Crippen LogP contribution < -0.4 is 0 Å². The molecular formula is C17H15BrN2O2. The Morgan fingerprint density at radius 2 is 1.73 bits per heavy atom. The monoisotopic (exact) mass is 358 g/mol. The number of halogens is 1. The molecule has 3 rings (SSSR count). The Bertz CT molecular complexity index is 799. The van der Waals surface area contributed by atoms with Crippen molar-refractivity contribution in [2.75, 3.05) is 0 Å². The second-order valence-electron chi connectivity index (χ2n) is 4.98. The van der Waals surface area contributed by atoms with Gasteiger partial charge in [-0.1, -0.05) is 40.2 Å². The average molecular weight is 359 g/mol. The standard InChI is InChI=1S/C17H15BrN2O2/c18-15-3-1-2-11(7-15)16-8-17(20-19-16)12-4-5-13(9-21)14(6-12)10-22/h1-8,21-22H,9-10H2,(H,19,20). The normalized spacial score (nSPS) is 10.9. The molecule has 0 fully saturated rings. The molecule has 0 aliphatic carbocycles. The lowest BCUT2D eigenvalue weighted by atomic mass is 10.0. The van der Waals surface area contributed by atoms with Gasteiger partial charge in [-0.15, -0.1) is 0 Å². The third-order valence-corrected chi connectivity index (χ3v) is 4.05. The minimum atomic E-state index is -0.105. The van der Waals surface area contributed by atoms with E-state index >= 15 is 0 Å². The van der Waals surface area contributed by atoms with Crippen molar-refractivity contribution >= 4 is 15.9 Å². The van der Waals surface area contributed by atoms with Gasteiger partial charge in [-0.2, -0.15) is 5.10 Å². The average Bonchev–Trinajstić information content (AvgIpc) is 3.04. The van der Waals surface area contributed by atoms with Crippen LogP contribution in [0.5, 0.6) is 0 Å². The molecule has 0 spiro atoms. The number of H-pyrrole nitrogens is 1. The minimum Gasteiger partial charge on any atom is -0.392 e. The molecule has 0 amide bonds. The van der Waals surface area contributed by atoms with Gasteiger partial charge in [-0.3, -0.25) is 5.10 Å². The van der Waals surface area contributed by atoms with Crippen LogP contribution in [0, 0.1) is 0 Å². The smallest absolute Gasteiger partial charge is 0.0927 e. The highest BCUT2D eigenvalue weighted by atomic mass is 79.9. The number of hydrogen-bond acceptors (Lipinski definition) is 3. The Kier molecular flexibility index (Phi) is 4.38. The first-order chi connectivity index (χ1) is 10.7. The van der Waals surface area contributed by atoms with Crippen LogP contribution >= 0.6 is 15.9 Å². The Morgan fingerprint density at radius 3 is 2.45 bits per heavy atom. The fourth-order valence-corrected chi connectivity index (χ4v) is 2.76. The largest absolute Gasteiger partial charge is 0.392 e. The molecule has 0 aliphatic rings. The van der Waals surface area contributed by atoms with E-state index in [4.69, 9.17) is 0 Å². The Balaban J connectivity index is 1.97. The highest BCUT2D eigenvalue weighted by molar-refractivity contribution is 9.10. The van der Waals surface area contributed by atoms with Crippen molar-refractivity contribution in [3.8, 4) is 22.5 Å². The van der Waals surface area contributed by atoms with Gasteiger partial charge in [0, 0.05) is 15.6 Å². The molecule has 0 radical (unpaired) electrons. The molecule has 0 saturated carbocycles. The van der Waals surface area contributed by atoms with Crippen molar-refractivity contribution in [1.29, 1.82) is 0 Å². The fourth-order valence-electron chi connectivity index (χ4n) is 2.36. The summed E-state index contributed by atoms with van der Waals surface area (Å²) in [5.74, 6) is 0. The van der Waals surface area contributed by atoms with Crippen LogP contribution in [0.3, 0.4) is 0 Å². The topological polar surface area (TPSA) is 69.1 Å². The van der Waals surface area contributed by atoms with Crippen molar-refractivity contribution in [2.45, 2.75) is 13.2 Å². The summed E-state index contributed by atoms with van der Waals surface area (Å²) in [6, 6.07) is 15.5. The minimum absolute atomic E-state index is 0.0833. The third kappa shape index (κ3) is 2.97. The molecule has 0 aliphatic heterocycles. The number of aliphatic hydroxyl groups is 2. The lowest BCUT2D eigenvalue weighted by Crippen LogP contribution is -1.94. The lowest BCUT2D eigenvalue weighted by molar-refractivity contribution is 0.260. The highest BCUT2D eigenvalue weighted by Crippen LogP contribution is 2.27. The maximum atomic E-state index is 9.39. The first-order valence-corrected chi connectivity index (χ1v) is 7.66. The number of benzene rings is 2. The quantitative estimate of drug-likeness (QED) is 0.668. The molecule has 3 aromatic rings. The predicted molar refractivity (Wildman–Crippen MR) is 89.0 cm³/mol. The second kappa shape index (κ2) is 6.44. The van der Waals surface area contributed by atoms with Crippen LogP contribution in [-0.4, -0.2) is 20.4 Å². The van der Waals surface area contributed by atoms with E-state index in [9.17, 15) is 10.2 Å². The van der Waals surface area contributed by atoms with E-state index < -0.39 is 0 Å². The summed E-state index contributed by atoms with van der Waals surface area (Å²) in [6.45, 7) is -0.188. The molecule has 1 aromatic heterocycles. The van der Waals surface area contributed by atoms with Gasteiger partial charge in [-0.05, 0) is 35.4 Å². The Hall–Kier alpha value is -1.95. The second-order valence-corrected chi connectivity index (χ2v) is 5.89. The molecule has 2 aromatic carbocycles. The van der Waals surface area contributed by atoms with Crippen LogP contribution in [-0.2, 0) is 13.2 Å². The van der Waals surface area contributed by atoms with Gasteiger partial charge in [0.25, 0.3) is 0 Å². The summed E-state index contributed by atoms with van der Waals surface area (Å²) in [5, 5.41) is 26.0. The maximum Gasteiger partial charge on any atom is 0.0927 e. The molecule has 0 atom stereocenters. The summed E-state index contributed by atoms with van der Waals surface area (Å²) in [7, 11) is 0.